The molecule has 198 valence electrons. The molecule has 0 aromatic rings. The van der Waals surface area contributed by atoms with Crippen molar-refractivity contribution in [2.24, 2.45) is 0 Å². The molecule has 0 aliphatic heterocycles. The molecule has 0 aliphatic rings. The summed E-state index contributed by atoms with van der Waals surface area (Å²) in [7, 11) is 0. The van der Waals surface area contributed by atoms with E-state index in [1.54, 1.807) is 0 Å². The normalized spacial score (nSPS) is 12.1. The Kier molecular flexibility index (Phi) is 31.9. The molecule has 1 unspecified atom stereocenters. The molecule has 3 nitrogen and oxygen atoms in total. The Morgan fingerprint density at radius 3 is 1.09 bits per heavy atom. The first-order valence-corrected chi connectivity index (χ1v) is 15.1. The van der Waals surface area contributed by atoms with Crippen LogP contribution in [-0.4, -0.2) is 30.0 Å². The number of hydrogen-bond donors (Lipinski definition) is 0. The van der Waals surface area contributed by atoms with Gasteiger partial charge in [-0.25, -0.2) is 0 Å². The predicted molar refractivity (Wildman–Crippen MR) is 144 cm³/mol. The summed E-state index contributed by atoms with van der Waals surface area (Å²) < 4.78 is 0. The first-order valence-electron chi connectivity index (χ1n) is 15.1. The van der Waals surface area contributed by atoms with Crippen molar-refractivity contribution in [2.75, 3.05) is 13.1 Å². The Morgan fingerprint density at radius 2 is 0.824 bits per heavy atom. The Bertz CT molecular complexity index is 379. The van der Waals surface area contributed by atoms with Gasteiger partial charge >= 0.3 is 29.6 Å². The molecular formula is C30H60NNaO2. The molecule has 0 saturated carbocycles. The van der Waals surface area contributed by atoms with Gasteiger partial charge < -0.3 is 14.8 Å². The van der Waals surface area contributed by atoms with Crippen molar-refractivity contribution in [3.05, 3.63) is 0 Å². The van der Waals surface area contributed by atoms with Gasteiger partial charge in [-0.15, -0.1) is 0 Å². The van der Waals surface area contributed by atoms with Crippen LogP contribution in [0.2, 0.25) is 0 Å². The smallest absolute Gasteiger partial charge is 0.550 e. The molecule has 0 aromatic heterocycles. The zero-order chi connectivity index (χ0) is 24.4. The summed E-state index contributed by atoms with van der Waals surface area (Å²) in [5.74, 6) is -0.912. The van der Waals surface area contributed by atoms with Crippen molar-refractivity contribution in [1.29, 1.82) is 0 Å². The van der Waals surface area contributed by atoms with Gasteiger partial charge in [0.15, 0.2) is 0 Å². The van der Waals surface area contributed by atoms with Crippen LogP contribution < -0.4 is 34.7 Å². The van der Waals surface area contributed by atoms with Crippen molar-refractivity contribution < 1.29 is 39.5 Å². The van der Waals surface area contributed by atoms with E-state index < -0.39 is 5.97 Å². The molecule has 0 fully saturated rings. The molecule has 0 rings (SSSR count). The van der Waals surface area contributed by atoms with E-state index in [1.807, 2.05) is 0 Å². The summed E-state index contributed by atoms with van der Waals surface area (Å²) in [6.07, 6.45) is 30.0. The third-order valence-electron chi connectivity index (χ3n) is 7.18. The van der Waals surface area contributed by atoms with Gasteiger partial charge in [0, 0.05) is 18.4 Å². The van der Waals surface area contributed by atoms with Crippen LogP contribution in [0.5, 0.6) is 0 Å². The third kappa shape index (κ3) is 27.0. The van der Waals surface area contributed by atoms with Crippen LogP contribution in [0.1, 0.15) is 168 Å². The number of carbonyl (C=O) groups is 1. The fraction of sp³-hybridized carbons (Fsp3) is 0.967. The Morgan fingerprint density at radius 1 is 0.559 bits per heavy atom. The summed E-state index contributed by atoms with van der Waals surface area (Å²) in [5, 5.41) is 11.1. The standard InChI is InChI=1S/C30H61NO2.Na/c1-4-6-8-10-12-14-16-18-20-22-24-26-31(29(3)28-30(32)33)27-25-23-21-19-17-15-13-11-9-7-5-2;/h29H,4-28H2,1-3H3,(H,32,33);/q;+1/p-1. The molecule has 0 aliphatic carbocycles. The number of aliphatic carboxylic acids is 1. The van der Waals surface area contributed by atoms with Crippen LogP contribution in [0.25, 0.3) is 0 Å². The second kappa shape index (κ2) is 29.7. The van der Waals surface area contributed by atoms with Crippen molar-refractivity contribution >= 4 is 5.97 Å². The molecule has 0 N–H and O–H groups in total. The number of rotatable bonds is 27. The molecule has 0 radical (unpaired) electrons. The summed E-state index contributed by atoms with van der Waals surface area (Å²) in [6, 6.07) is 0.0984. The SMILES string of the molecule is CCCCCCCCCCCCCN(CCCCCCCCCCCCC)C(C)CC(=O)[O-].[Na+]. The number of hydrogen-bond acceptors (Lipinski definition) is 3. The maximum absolute atomic E-state index is 11.1. The van der Waals surface area contributed by atoms with Crippen LogP contribution in [0.15, 0.2) is 0 Å². The molecule has 0 bridgehead atoms. The first-order chi connectivity index (χ1) is 16.1. The number of carboxylic acids is 1. The van der Waals surface area contributed by atoms with Crippen molar-refractivity contribution in [1.82, 2.24) is 4.90 Å². The minimum Gasteiger partial charge on any atom is -0.550 e. The van der Waals surface area contributed by atoms with Gasteiger partial charge in [-0.05, 0) is 32.9 Å². The maximum atomic E-state index is 11.1. The van der Waals surface area contributed by atoms with Crippen molar-refractivity contribution in [3.63, 3.8) is 0 Å². The maximum Gasteiger partial charge on any atom is 1.00 e. The minimum atomic E-state index is -0.912. The molecule has 0 saturated heterocycles. The van der Waals surface area contributed by atoms with Gasteiger partial charge in [0.05, 0.1) is 0 Å². The topological polar surface area (TPSA) is 43.4 Å². The zero-order valence-electron chi connectivity index (χ0n) is 24.0. The Hall–Kier alpha value is 0.430. The minimum absolute atomic E-state index is 0. The van der Waals surface area contributed by atoms with E-state index in [-0.39, 0.29) is 42.0 Å². The number of nitrogens with zero attached hydrogens (tertiary/aromatic N) is 1. The van der Waals surface area contributed by atoms with Crippen molar-refractivity contribution in [2.45, 2.75) is 174 Å². The molecule has 1 atom stereocenters. The van der Waals surface area contributed by atoms with E-state index in [1.165, 1.54) is 141 Å². The van der Waals surface area contributed by atoms with E-state index >= 15 is 0 Å². The first kappa shape index (κ1) is 36.6. The van der Waals surface area contributed by atoms with Gasteiger partial charge in [0.2, 0.25) is 0 Å². The fourth-order valence-corrected chi connectivity index (χ4v) is 4.88. The largest absolute Gasteiger partial charge is 1.00 e. The van der Waals surface area contributed by atoms with Gasteiger partial charge in [-0.1, -0.05) is 142 Å². The van der Waals surface area contributed by atoms with Gasteiger partial charge in [-0.3, -0.25) is 0 Å². The second-order valence-corrected chi connectivity index (χ2v) is 10.5. The molecule has 0 spiro atoms. The monoisotopic (exact) mass is 489 g/mol. The van der Waals surface area contributed by atoms with Crippen LogP contribution in [0.3, 0.4) is 0 Å². The summed E-state index contributed by atoms with van der Waals surface area (Å²) >= 11 is 0. The molecule has 4 heteroatoms. The Labute approximate surface area is 236 Å². The van der Waals surface area contributed by atoms with Crippen molar-refractivity contribution in [3.8, 4) is 0 Å². The third-order valence-corrected chi connectivity index (χ3v) is 7.18. The zero-order valence-corrected chi connectivity index (χ0v) is 26.0. The van der Waals surface area contributed by atoms with Crippen LogP contribution in [0.4, 0.5) is 0 Å². The van der Waals surface area contributed by atoms with Crippen LogP contribution in [0, 0.1) is 0 Å². The molecular weight excluding hydrogens is 429 g/mol. The number of unbranched alkanes of at least 4 members (excludes halogenated alkanes) is 20. The second-order valence-electron chi connectivity index (χ2n) is 10.5. The number of carboxylic acid groups (broad SMARTS) is 1. The molecule has 0 heterocycles. The van der Waals surface area contributed by atoms with E-state index in [2.05, 4.69) is 25.7 Å². The van der Waals surface area contributed by atoms with Crippen LogP contribution >= 0.6 is 0 Å². The van der Waals surface area contributed by atoms with Gasteiger partial charge in [0.1, 0.15) is 0 Å². The fourth-order valence-electron chi connectivity index (χ4n) is 4.88. The van der Waals surface area contributed by atoms with Gasteiger partial charge in [-0.2, -0.15) is 0 Å². The average molecular weight is 490 g/mol. The van der Waals surface area contributed by atoms with Gasteiger partial charge in [0.25, 0.3) is 0 Å². The quantitative estimate of drug-likeness (QED) is 0.114. The Balaban J connectivity index is 0. The molecule has 0 amide bonds. The molecule has 0 aromatic carbocycles. The number of carbonyl (C=O) groups excluding carboxylic acids is 1. The van der Waals surface area contributed by atoms with E-state index in [4.69, 9.17) is 0 Å². The van der Waals surface area contributed by atoms with E-state index in [0.29, 0.717) is 0 Å². The van der Waals surface area contributed by atoms with E-state index in [9.17, 15) is 9.90 Å². The summed E-state index contributed by atoms with van der Waals surface area (Å²) in [5.41, 5.74) is 0. The summed E-state index contributed by atoms with van der Waals surface area (Å²) in [6.45, 7) is 8.70. The summed E-state index contributed by atoms with van der Waals surface area (Å²) in [4.78, 5) is 13.5. The van der Waals surface area contributed by atoms with E-state index in [0.717, 1.165) is 13.1 Å². The average Bonchev–Trinajstić information content (AvgIpc) is 2.79. The molecule has 34 heavy (non-hydrogen) atoms. The predicted octanol–water partition coefficient (Wildman–Crippen LogP) is 5.44. The van der Waals surface area contributed by atoms with Crippen LogP contribution in [-0.2, 0) is 4.79 Å².